The highest BCUT2D eigenvalue weighted by Gasteiger charge is 2.14. The van der Waals surface area contributed by atoms with Gasteiger partial charge in [0.15, 0.2) is 0 Å². The van der Waals surface area contributed by atoms with Crippen LogP contribution in [0.25, 0.3) is 0 Å². The van der Waals surface area contributed by atoms with Crippen LogP contribution in [0.4, 0.5) is 17.1 Å². The van der Waals surface area contributed by atoms with Gasteiger partial charge in [0.25, 0.3) is 5.69 Å². The van der Waals surface area contributed by atoms with Gasteiger partial charge in [-0.1, -0.05) is 31.4 Å². The Morgan fingerprint density at radius 1 is 1.17 bits per heavy atom. The van der Waals surface area contributed by atoms with Gasteiger partial charge in [-0.2, -0.15) is 0 Å². The maximum absolute atomic E-state index is 11.1. The topological polar surface area (TPSA) is 64.4 Å². The van der Waals surface area contributed by atoms with Crippen molar-refractivity contribution < 1.29 is 9.66 Å². The van der Waals surface area contributed by atoms with Crippen LogP contribution in [0.1, 0.15) is 26.2 Å². The van der Waals surface area contributed by atoms with Crippen LogP contribution in [0.5, 0.6) is 5.75 Å². The van der Waals surface area contributed by atoms with E-state index < -0.39 is 4.92 Å². The number of benzene rings is 2. The standard InChI is InChI=1S/C17H19ClN2O3/c1-2-3-4-11-23-15-8-6-14(7-9-15)19-16-12-13(18)5-10-17(16)20(21)22/h5-10,12,19H,2-4,11H2,1H3. The minimum absolute atomic E-state index is 0.0192. The van der Waals surface area contributed by atoms with Crippen LogP contribution >= 0.6 is 11.6 Å². The Kier molecular flexibility index (Phi) is 6.23. The Bertz CT molecular complexity index is 659. The molecule has 0 aliphatic heterocycles. The normalized spacial score (nSPS) is 10.3. The lowest BCUT2D eigenvalue weighted by Gasteiger charge is -2.09. The zero-order chi connectivity index (χ0) is 16.7. The first-order valence-corrected chi connectivity index (χ1v) is 7.92. The van der Waals surface area contributed by atoms with E-state index in [4.69, 9.17) is 16.3 Å². The monoisotopic (exact) mass is 334 g/mol. The third kappa shape index (κ3) is 5.14. The van der Waals surface area contributed by atoms with Gasteiger partial charge in [-0.3, -0.25) is 10.1 Å². The van der Waals surface area contributed by atoms with Gasteiger partial charge in [-0.25, -0.2) is 0 Å². The molecule has 0 bridgehead atoms. The van der Waals surface area contributed by atoms with Crippen molar-refractivity contribution in [2.24, 2.45) is 0 Å². The van der Waals surface area contributed by atoms with Crippen LogP contribution in [0.3, 0.4) is 0 Å². The molecular formula is C17H19ClN2O3. The fourth-order valence-corrected chi connectivity index (χ4v) is 2.27. The lowest BCUT2D eigenvalue weighted by molar-refractivity contribution is -0.383. The Balaban J connectivity index is 2.03. The van der Waals surface area contributed by atoms with Gasteiger partial charge in [0.05, 0.1) is 11.5 Å². The lowest BCUT2D eigenvalue weighted by Crippen LogP contribution is -1.98. The van der Waals surface area contributed by atoms with Crippen molar-refractivity contribution >= 4 is 28.7 Å². The SMILES string of the molecule is CCCCCOc1ccc(Nc2cc(Cl)ccc2[N+](=O)[O-])cc1. The molecule has 0 heterocycles. The van der Waals surface area contributed by atoms with Crippen LogP contribution in [0.2, 0.25) is 5.02 Å². The number of nitrogens with zero attached hydrogens (tertiary/aromatic N) is 1. The predicted molar refractivity (Wildman–Crippen MR) is 92.9 cm³/mol. The molecule has 0 fully saturated rings. The molecule has 2 rings (SSSR count). The molecule has 0 aliphatic rings. The van der Waals surface area contributed by atoms with Crippen molar-refractivity contribution in [3.8, 4) is 5.75 Å². The molecule has 2 aromatic rings. The molecule has 0 unspecified atom stereocenters. The molecular weight excluding hydrogens is 316 g/mol. The Hall–Kier alpha value is -2.27. The van der Waals surface area contributed by atoms with Crippen LogP contribution in [0, 0.1) is 10.1 Å². The van der Waals surface area contributed by atoms with Gasteiger partial charge in [0.2, 0.25) is 0 Å². The van der Waals surface area contributed by atoms with Crippen LogP contribution < -0.4 is 10.1 Å². The summed E-state index contributed by atoms with van der Waals surface area (Å²) in [6.07, 6.45) is 3.34. The molecule has 0 spiro atoms. The summed E-state index contributed by atoms with van der Waals surface area (Å²) in [4.78, 5) is 10.6. The predicted octanol–water partition coefficient (Wildman–Crippen LogP) is 5.56. The third-order valence-electron chi connectivity index (χ3n) is 3.31. The van der Waals surface area contributed by atoms with Crippen LogP contribution in [-0.2, 0) is 0 Å². The highest BCUT2D eigenvalue weighted by Crippen LogP contribution is 2.30. The molecule has 0 saturated carbocycles. The molecule has 0 aliphatic carbocycles. The zero-order valence-electron chi connectivity index (χ0n) is 12.9. The first-order chi connectivity index (χ1) is 11.1. The molecule has 0 atom stereocenters. The summed E-state index contributed by atoms with van der Waals surface area (Å²) >= 11 is 5.91. The fraction of sp³-hybridized carbons (Fsp3) is 0.294. The highest BCUT2D eigenvalue weighted by molar-refractivity contribution is 6.31. The third-order valence-corrected chi connectivity index (χ3v) is 3.54. The summed E-state index contributed by atoms with van der Waals surface area (Å²) in [6.45, 7) is 2.84. The Labute approximate surface area is 140 Å². The highest BCUT2D eigenvalue weighted by atomic mass is 35.5. The molecule has 122 valence electrons. The maximum atomic E-state index is 11.1. The number of unbranched alkanes of at least 4 members (excludes halogenated alkanes) is 2. The van der Waals surface area contributed by atoms with E-state index in [1.54, 1.807) is 0 Å². The Morgan fingerprint density at radius 2 is 1.91 bits per heavy atom. The van der Waals surface area contributed by atoms with Crippen molar-refractivity contribution in [2.45, 2.75) is 26.2 Å². The average Bonchev–Trinajstić information content (AvgIpc) is 2.53. The Morgan fingerprint density at radius 3 is 2.57 bits per heavy atom. The molecule has 0 saturated heterocycles. The minimum Gasteiger partial charge on any atom is -0.494 e. The van der Waals surface area contributed by atoms with E-state index in [0.29, 0.717) is 17.3 Å². The fourth-order valence-electron chi connectivity index (χ4n) is 2.10. The summed E-state index contributed by atoms with van der Waals surface area (Å²) in [5, 5.41) is 14.5. The van der Waals surface area contributed by atoms with Crippen molar-refractivity contribution in [3.63, 3.8) is 0 Å². The average molecular weight is 335 g/mol. The number of hydrogen-bond acceptors (Lipinski definition) is 4. The van der Waals surface area contributed by atoms with Crippen LogP contribution in [0.15, 0.2) is 42.5 Å². The first-order valence-electron chi connectivity index (χ1n) is 7.54. The molecule has 23 heavy (non-hydrogen) atoms. The molecule has 5 nitrogen and oxygen atoms in total. The van der Waals surface area contributed by atoms with E-state index in [9.17, 15) is 10.1 Å². The summed E-state index contributed by atoms with van der Waals surface area (Å²) in [5.74, 6) is 0.784. The van der Waals surface area contributed by atoms with Crippen molar-refractivity contribution in [1.82, 2.24) is 0 Å². The minimum atomic E-state index is -0.441. The van der Waals surface area contributed by atoms with E-state index in [2.05, 4.69) is 12.2 Å². The van der Waals surface area contributed by atoms with Gasteiger partial charge in [-0.05, 0) is 42.8 Å². The molecule has 1 N–H and O–H groups in total. The first kappa shape index (κ1) is 17.1. The molecule has 0 aromatic heterocycles. The van der Waals surface area contributed by atoms with Gasteiger partial charge < -0.3 is 10.1 Å². The molecule has 0 radical (unpaired) electrons. The summed E-state index contributed by atoms with van der Waals surface area (Å²) in [6, 6.07) is 11.7. The zero-order valence-corrected chi connectivity index (χ0v) is 13.7. The quantitative estimate of drug-likeness (QED) is 0.390. The summed E-state index contributed by atoms with van der Waals surface area (Å²) in [5.41, 5.74) is 1.07. The summed E-state index contributed by atoms with van der Waals surface area (Å²) < 4.78 is 5.64. The number of nitro groups is 1. The molecule has 6 heteroatoms. The van der Waals surface area contributed by atoms with E-state index in [1.165, 1.54) is 18.2 Å². The number of nitrogens with one attached hydrogen (secondary N) is 1. The van der Waals surface area contributed by atoms with Crippen molar-refractivity contribution in [2.75, 3.05) is 11.9 Å². The van der Waals surface area contributed by atoms with Crippen LogP contribution in [-0.4, -0.2) is 11.5 Å². The second kappa shape index (κ2) is 8.39. The molecule has 2 aromatic carbocycles. The van der Waals surface area contributed by atoms with Gasteiger partial charge >= 0.3 is 0 Å². The van der Waals surface area contributed by atoms with E-state index in [1.807, 2.05) is 24.3 Å². The van der Waals surface area contributed by atoms with Crippen molar-refractivity contribution in [3.05, 3.63) is 57.6 Å². The second-order valence-corrected chi connectivity index (χ2v) is 5.56. The largest absolute Gasteiger partial charge is 0.494 e. The van der Waals surface area contributed by atoms with Crippen molar-refractivity contribution in [1.29, 1.82) is 0 Å². The van der Waals surface area contributed by atoms with Gasteiger partial charge in [-0.15, -0.1) is 0 Å². The number of hydrogen-bond donors (Lipinski definition) is 1. The number of nitro benzene ring substituents is 1. The number of anilines is 2. The maximum Gasteiger partial charge on any atom is 0.292 e. The number of ether oxygens (including phenoxy) is 1. The second-order valence-electron chi connectivity index (χ2n) is 5.12. The van der Waals surface area contributed by atoms with Gasteiger partial charge in [0.1, 0.15) is 11.4 Å². The van der Waals surface area contributed by atoms with Gasteiger partial charge in [0, 0.05) is 16.8 Å². The lowest BCUT2D eigenvalue weighted by atomic mass is 10.2. The number of rotatable bonds is 8. The molecule has 0 amide bonds. The smallest absolute Gasteiger partial charge is 0.292 e. The summed E-state index contributed by atoms with van der Waals surface area (Å²) in [7, 11) is 0. The van der Waals surface area contributed by atoms with E-state index in [0.717, 1.165) is 30.7 Å². The number of halogens is 1. The van der Waals surface area contributed by atoms with E-state index >= 15 is 0 Å². The van der Waals surface area contributed by atoms with E-state index in [-0.39, 0.29) is 5.69 Å².